The van der Waals surface area contributed by atoms with E-state index >= 15 is 0 Å². The van der Waals surface area contributed by atoms with Crippen molar-refractivity contribution in [2.45, 2.75) is 13.3 Å². The van der Waals surface area contributed by atoms with Crippen molar-refractivity contribution < 1.29 is 13.7 Å². The van der Waals surface area contributed by atoms with Gasteiger partial charge in [0.05, 0.1) is 0 Å². The van der Waals surface area contributed by atoms with Crippen LogP contribution in [0.1, 0.15) is 22.3 Å². The van der Waals surface area contributed by atoms with Gasteiger partial charge in [-0.05, 0) is 24.3 Å². The van der Waals surface area contributed by atoms with Gasteiger partial charge in [0.25, 0.3) is 5.91 Å². The van der Waals surface area contributed by atoms with Gasteiger partial charge in [0.2, 0.25) is 5.89 Å². The van der Waals surface area contributed by atoms with Gasteiger partial charge in [-0.15, -0.1) is 0 Å². The van der Waals surface area contributed by atoms with Crippen LogP contribution in [0, 0.1) is 6.92 Å². The van der Waals surface area contributed by atoms with E-state index in [-0.39, 0.29) is 11.7 Å². The lowest BCUT2D eigenvalue weighted by Crippen LogP contribution is -2.25. The lowest BCUT2D eigenvalue weighted by molar-refractivity contribution is 0.0928. The summed E-state index contributed by atoms with van der Waals surface area (Å²) in [6.45, 7) is 2.12. The Morgan fingerprint density at radius 3 is 3.00 bits per heavy atom. The number of hydrogen-bond acceptors (Lipinski definition) is 6. The summed E-state index contributed by atoms with van der Waals surface area (Å²) < 4.78 is 10.3. The Morgan fingerprint density at radius 1 is 1.38 bits per heavy atom. The van der Waals surface area contributed by atoms with Gasteiger partial charge in [-0.2, -0.15) is 4.98 Å². The van der Waals surface area contributed by atoms with E-state index in [9.17, 15) is 4.79 Å². The number of furan rings is 1. The zero-order valence-electron chi connectivity index (χ0n) is 11.4. The van der Waals surface area contributed by atoms with Gasteiger partial charge >= 0.3 is 0 Å². The van der Waals surface area contributed by atoms with Crippen LogP contribution in [0.15, 0.2) is 33.2 Å². The summed E-state index contributed by atoms with van der Waals surface area (Å²) in [5.74, 6) is 1.03. The van der Waals surface area contributed by atoms with E-state index in [0.717, 1.165) is 5.39 Å². The number of hydrogen-bond donors (Lipinski definition) is 2. The molecule has 7 nitrogen and oxygen atoms in total. The molecule has 0 radical (unpaired) electrons. The third-order valence-electron chi connectivity index (χ3n) is 2.97. The molecule has 0 fully saturated rings. The van der Waals surface area contributed by atoms with Crippen LogP contribution < -0.4 is 11.1 Å². The van der Waals surface area contributed by atoms with E-state index in [1.807, 2.05) is 0 Å². The quantitative estimate of drug-likeness (QED) is 0.706. The summed E-state index contributed by atoms with van der Waals surface area (Å²) >= 11 is 0. The number of nitrogen functional groups attached to an aromatic ring is 1. The molecular formula is C14H14N4O3. The van der Waals surface area contributed by atoms with Crippen molar-refractivity contribution in [3.05, 3.63) is 41.7 Å². The van der Waals surface area contributed by atoms with Crippen molar-refractivity contribution in [1.29, 1.82) is 0 Å². The number of rotatable bonds is 4. The van der Waals surface area contributed by atoms with Crippen LogP contribution in [-0.2, 0) is 6.42 Å². The van der Waals surface area contributed by atoms with Crippen LogP contribution in [-0.4, -0.2) is 22.6 Å². The predicted molar refractivity (Wildman–Crippen MR) is 75.7 cm³/mol. The number of nitrogens with zero attached hydrogens (tertiary/aromatic N) is 2. The highest BCUT2D eigenvalue weighted by molar-refractivity contribution is 5.96. The minimum Gasteiger partial charge on any atom is -0.451 e. The molecule has 0 saturated heterocycles. The second-order valence-corrected chi connectivity index (χ2v) is 4.64. The number of benzene rings is 1. The van der Waals surface area contributed by atoms with Gasteiger partial charge in [-0.25, -0.2) is 0 Å². The highest BCUT2D eigenvalue weighted by Crippen LogP contribution is 2.21. The normalized spacial score (nSPS) is 10.9. The molecule has 0 aliphatic heterocycles. The van der Waals surface area contributed by atoms with E-state index in [1.165, 1.54) is 0 Å². The molecule has 0 aliphatic rings. The Labute approximate surface area is 120 Å². The minimum atomic E-state index is -0.287. The molecule has 0 atom stereocenters. The van der Waals surface area contributed by atoms with Crippen LogP contribution in [0.3, 0.4) is 0 Å². The van der Waals surface area contributed by atoms with E-state index in [1.54, 1.807) is 31.2 Å². The Balaban J connectivity index is 1.63. The number of aryl methyl sites for hydroxylation is 1. The molecule has 0 spiro atoms. The maximum absolute atomic E-state index is 12.0. The smallest absolute Gasteiger partial charge is 0.287 e. The minimum absolute atomic E-state index is 0.250. The van der Waals surface area contributed by atoms with E-state index < -0.39 is 0 Å². The molecule has 0 aliphatic carbocycles. The first-order valence-electron chi connectivity index (χ1n) is 6.48. The second-order valence-electron chi connectivity index (χ2n) is 4.64. The van der Waals surface area contributed by atoms with Gasteiger partial charge in [0.1, 0.15) is 5.58 Å². The summed E-state index contributed by atoms with van der Waals surface area (Å²) in [5.41, 5.74) is 6.95. The Kier molecular flexibility index (Phi) is 3.31. The fourth-order valence-electron chi connectivity index (χ4n) is 1.99. The zero-order valence-corrected chi connectivity index (χ0v) is 11.4. The zero-order chi connectivity index (χ0) is 14.8. The SMILES string of the molecule is Cc1nc(CCNC(=O)c2cc3cc(N)ccc3o2)no1. The first kappa shape index (κ1) is 13.2. The molecule has 21 heavy (non-hydrogen) atoms. The van der Waals surface area contributed by atoms with Crippen molar-refractivity contribution >= 4 is 22.6 Å². The van der Waals surface area contributed by atoms with Gasteiger partial charge in [0, 0.05) is 31.0 Å². The van der Waals surface area contributed by atoms with Crippen LogP contribution >= 0.6 is 0 Å². The lowest BCUT2D eigenvalue weighted by atomic mass is 10.2. The third kappa shape index (κ3) is 2.86. The van der Waals surface area contributed by atoms with E-state index in [0.29, 0.717) is 36.0 Å². The van der Waals surface area contributed by atoms with E-state index in [4.69, 9.17) is 14.7 Å². The van der Waals surface area contributed by atoms with Crippen molar-refractivity contribution in [3.63, 3.8) is 0 Å². The molecular weight excluding hydrogens is 272 g/mol. The summed E-state index contributed by atoms with van der Waals surface area (Å²) in [6.07, 6.45) is 0.496. The number of fused-ring (bicyclic) bond motifs is 1. The standard InChI is InChI=1S/C14H14N4O3/c1-8-17-13(18-21-8)4-5-16-14(19)12-7-9-6-10(15)2-3-11(9)20-12/h2-3,6-7H,4-5,15H2,1H3,(H,16,19). The van der Waals surface area contributed by atoms with Crippen LogP contribution in [0.5, 0.6) is 0 Å². The maximum Gasteiger partial charge on any atom is 0.287 e. The molecule has 1 aromatic carbocycles. The average Bonchev–Trinajstić information content (AvgIpc) is 3.04. The number of carbonyl (C=O) groups is 1. The van der Waals surface area contributed by atoms with Gasteiger partial charge in [-0.1, -0.05) is 5.16 Å². The molecule has 2 heterocycles. The molecule has 108 valence electrons. The predicted octanol–water partition coefficient (Wildman–Crippen LogP) is 1.68. The number of nitrogens with two attached hydrogens (primary N) is 1. The van der Waals surface area contributed by atoms with Gasteiger partial charge < -0.3 is 20.0 Å². The average molecular weight is 286 g/mol. The highest BCUT2D eigenvalue weighted by atomic mass is 16.5. The highest BCUT2D eigenvalue weighted by Gasteiger charge is 2.12. The first-order valence-corrected chi connectivity index (χ1v) is 6.48. The van der Waals surface area contributed by atoms with Crippen molar-refractivity contribution in [1.82, 2.24) is 15.5 Å². The number of aromatic nitrogens is 2. The molecule has 3 aromatic rings. The summed E-state index contributed by atoms with van der Waals surface area (Å²) in [4.78, 5) is 16.1. The Hall–Kier alpha value is -2.83. The van der Waals surface area contributed by atoms with Crippen LogP contribution in [0.4, 0.5) is 5.69 Å². The fraction of sp³-hybridized carbons (Fsp3) is 0.214. The van der Waals surface area contributed by atoms with Crippen molar-refractivity contribution in [3.8, 4) is 0 Å². The number of amides is 1. The van der Waals surface area contributed by atoms with Crippen molar-refractivity contribution in [2.24, 2.45) is 0 Å². The number of nitrogens with one attached hydrogen (secondary N) is 1. The Bertz CT molecular complexity index is 790. The largest absolute Gasteiger partial charge is 0.451 e. The number of anilines is 1. The Morgan fingerprint density at radius 2 is 2.24 bits per heavy atom. The monoisotopic (exact) mass is 286 g/mol. The second kappa shape index (κ2) is 5.28. The van der Waals surface area contributed by atoms with E-state index in [2.05, 4.69) is 15.5 Å². The summed E-state index contributed by atoms with van der Waals surface area (Å²) in [7, 11) is 0. The molecule has 0 unspecified atom stereocenters. The summed E-state index contributed by atoms with van der Waals surface area (Å²) in [5, 5.41) is 7.30. The van der Waals surface area contributed by atoms with Crippen molar-refractivity contribution in [2.75, 3.05) is 12.3 Å². The molecule has 2 aromatic heterocycles. The molecule has 0 saturated carbocycles. The molecule has 1 amide bonds. The molecule has 3 N–H and O–H groups in total. The maximum atomic E-state index is 12.0. The topological polar surface area (TPSA) is 107 Å². The van der Waals surface area contributed by atoms with Gasteiger partial charge in [-0.3, -0.25) is 4.79 Å². The van der Waals surface area contributed by atoms with Gasteiger partial charge in [0.15, 0.2) is 11.6 Å². The number of carbonyl (C=O) groups excluding carboxylic acids is 1. The fourth-order valence-corrected chi connectivity index (χ4v) is 1.99. The molecule has 3 rings (SSSR count). The van der Waals surface area contributed by atoms with Crippen LogP contribution in [0.25, 0.3) is 11.0 Å². The summed E-state index contributed by atoms with van der Waals surface area (Å²) in [6, 6.07) is 6.90. The third-order valence-corrected chi connectivity index (χ3v) is 2.97. The molecule has 0 bridgehead atoms. The first-order chi connectivity index (χ1) is 10.1. The lowest BCUT2D eigenvalue weighted by Gasteiger charge is -1.99. The van der Waals surface area contributed by atoms with Crippen LogP contribution in [0.2, 0.25) is 0 Å². The molecule has 7 heteroatoms.